The summed E-state index contributed by atoms with van der Waals surface area (Å²) in [5, 5.41) is 19.8. The molecule has 126 valence electrons. The summed E-state index contributed by atoms with van der Waals surface area (Å²) in [7, 11) is 0. The molecule has 2 aromatic heterocycles. The Morgan fingerprint density at radius 1 is 1.29 bits per heavy atom. The van der Waals surface area contributed by atoms with Crippen LogP contribution in [-0.4, -0.2) is 19.9 Å². The van der Waals surface area contributed by atoms with Crippen molar-refractivity contribution in [2.75, 3.05) is 5.32 Å². The number of aromatic nitrogens is 3. The van der Waals surface area contributed by atoms with E-state index in [2.05, 4.69) is 44.3 Å². The highest BCUT2D eigenvalue weighted by Crippen LogP contribution is 2.33. The lowest BCUT2D eigenvalue weighted by atomic mass is 10.1. The highest BCUT2D eigenvalue weighted by Gasteiger charge is 2.11. The Morgan fingerprint density at radius 3 is 2.92 bits per heavy atom. The fourth-order valence-corrected chi connectivity index (χ4v) is 3.87. The zero-order chi connectivity index (χ0) is 16.9. The normalized spacial score (nSPS) is 10.9. The minimum absolute atomic E-state index is 0.300. The number of phenolic OH excluding ortho intramolecular Hbond substituents is 1. The summed E-state index contributed by atoms with van der Waals surface area (Å²) in [5.41, 5.74) is 2.14. The largest absolute Gasteiger partial charge is 0.508 e. The predicted octanol–water partition coefficient (Wildman–Crippen LogP) is 4.75. The van der Waals surface area contributed by atoms with Crippen molar-refractivity contribution in [3.05, 3.63) is 52.5 Å². The summed E-state index contributed by atoms with van der Waals surface area (Å²) in [4.78, 5) is 4.01. The van der Waals surface area contributed by atoms with Crippen molar-refractivity contribution in [2.45, 2.75) is 32.7 Å². The topological polar surface area (TPSA) is 63.0 Å². The fourth-order valence-electron chi connectivity index (χ4n) is 2.42. The van der Waals surface area contributed by atoms with Gasteiger partial charge in [-0.25, -0.2) is 9.67 Å². The van der Waals surface area contributed by atoms with Crippen molar-refractivity contribution in [1.29, 1.82) is 0 Å². The lowest BCUT2D eigenvalue weighted by Crippen LogP contribution is -2.00. The van der Waals surface area contributed by atoms with Crippen LogP contribution in [0.3, 0.4) is 0 Å². The Labute approximate surface area is 153 Å². The second kappa shape index (κ2) is 7.81. The number of halogens is 1. The summed E-state index contributed by atoms with van der Waals surface area (Å²) in [6.45, 7) is 2.76. The van der Waals surface area contributed by atoms with Crippen LogP contribution in [0.5, 0.6) is 5.75 Å². The fraction of sp³-hybridized carbons (Fsp3) is 0.294. The maximum absolute atomic E-state index is 10.00. The number of aromatic hydroxyl groups is 1. The van der Waals surface area contributed by atoms with Gasteiger partial charge in [-0.2, -0.15) is 5.10 Å². The number of hydrogen-bond acceptors (Lipinski definition) is 5. The number of hydrogen-bond donors (Lipinski definition) is 2. The van der Waals surface area contributed by atoms with Crippen LogP contribution in [0.1, 0.15) is 30.9 Å². The van der Waals surface area contributed by atoms with Crippen LogP contribution in [-0.2, 0) is 13.0 Å². The number of unbranched alkanes of at least 4 members (excludes halogenated alkanes) is 1. The molecule has 0 bridgehead atoms. The molecule has 2 heterocycles. The van der Waals surface area contributed by atoms with Crippen molar-refractivity contribution in [3.63, 3.8) is 0 Å². The van der Waals surface area contributed by atoms with E-state index in [1.807, 2.05) is 12.1 Å². The van der Waals surface area contributed by atoms with E-state index in [1.54, 1.807) is 28.4 Å². The van der Waals surface area contributed by atoms with Gasteiger partial charge in [-0.3, -0.25) is 0 Å². The van der Waals surface area contributed by atoms with E-state index in [1.165, 1.54) is 11.9 Å². The number of thiophene rings is 1. The summed E-state index contributed by atoms with van der Waals surface area (Å²) in [6, 6.07) is 7.63. The van der Waals surface area contributed by atoms with Gasteiger partial charge in [0, 0.05) is 16.6 Å². The summed E-state index contributed by atoms with van der Waals surface area (Å²) < 4.78 is 2.74. The van der Waals surface area contributed by atoms with Gasteiger partial charge in [0.1, 0.15) is 23.4 Å². The summed E-state index contributed by atoms with van der Waals surface area (Å²) >= 11 is 5.10. The van der Waals surface area contributed by atoms with Gasteiger partial charge in [-0.05, 0) is 42.7 Å². The Morgan fingerprint density at radius 2 is 2.17 bits per heavy atom. The smallest absolute Gasteiger partial charge is 0.138 e. The molecule has 5 nitrogen and oxygen atoms in total. The summed E-state index contributed by atoms with van der Waals surface area (Å²) in [5.74, 6) is 0.300. The van der Waals surface area contributed by atoms with Gasteiger partial charge in [0.05, 0.1) is 5.00 Å². The van der Waals surface area contributed by atoms with Crippen LogP contribution in [0.25, 0.3) is 5.00 Å². The zero-order valence-corrected chi connectivity index (χ0v) is 15.8. The van der Waals surface area contributed by atoms with Crippen LogP contribution in [0.2, 0.25) is 0 Å². The Bertz CT molecular complexity index is 801. The number of rotatable bonds is 7. The molecule has 0 amide bonds. The molecule has 2 N–H and O–H groups in total. The molecule has 0 radical (unpaired) electrons. The minimum atomic E-state index is 0.300. The average Bonchev–Trinajstić information content (AvgIpc) is 3.23. The second-order valence-corrected chi connectivity index (χ2v) is 7.46. The third-order valence-corrected chi connectivity index (χ3v) is 5.34. The van der Waals surface area contributed by atoms with E-state index >= 15 is 0 Å². The molecule has 0 aliphatic rings. The summed E-state index contributed by atoms with van der Waals surface area (Å²) in [6.07, 6.45) is 6.57. The Kier molecular flexibility index (Phi) is 5.52. The van der Waals surface area contributed by atoms with Gasteiger partial charge < -0.3 is 10.4 Å². The van der Waals surface area contributed by atoms with Crippen molar-refractivity contribution in [2.24, 2.45) is 0 Å². The lowest BCUT2D eigenvalue weighted by Gasteiger charge is -2.09. The van der Waals surface area contributed by atoms with Crippen LogP contribution >= 0.6 is 27.3 Å². The SMILES string of the molecule is CCCCc1cc(-n2cncn2)sc1NCc1cc(Br)ccc1O. The number of phenols is 1. The number of nitrogens with zero attached hydrogens (tertiary/aromatic N) is 3. The van der Waals surface area contributed by atoms with Crippen LogP contribution in [0, 0.1) is 0 Å². The number of aryl methyl sites for hydroxylation is 1. The van der Waals surface area contributed by atoms with Gasteiger partial charge in [0.15, 0.2) is 0 Å². The van der Waals surface area contributed by atoms with Crippen molar-refractivity contribution < 1.29 is 5.11 Å². The molecule has 0 unspecified atom stereocenters. The van der Waals surface area contributed by atoms with Gasteiger partial charge in [0.2, 0.25) is 0 Å². The third kappa shape index (κ3) is 3.96. The molecule has 1 aromatic carbocycles. The Balaban J connectivity index is 1.81. The first kappa shape index (κ1) is 17.0. The standard InChI is InChI=1S/C17H19BrN4OS/c1-2-3-4-12-8-16(22-11-19-10-21-22)24-17(12)20-9-13-7-14(18)5-6-15(13)23/h5-8,10-11,20,23H,2-4,9H2,1H3. The van der Waals surface area contributed by atoms with Crippen molar-refractivity contribution in [1.82, 2.24) is 14.8 Å². The van der Waals surface area contributed by atoms with Gasteiger partial charge in [0.25, 0.3) is 0 Å². The average molecular weight is 407 g/mol. The lowest BCUT2D eigenvalue weighted by molar-refractivity contribution is 0.469. The molecule has 0 saturated heterocycles. The van der Waals surface area contributed by atoms with Gasteiger partial charge in [-0.1, -0.05) is 40.6 Å². The van der Waals surface area contributed by atoms with Crippen LogP contribution in [0.4, 0.5) is 5.00 Å². The molecule has 0 fully saturated rings. The molecular formula is C17H19BrN4OS. The molecule has 7 heteroatoms. The van der Waals surface area contributed by atoms with Gasteiger partial charge in [-0.15, -0.1) is 0 Å². The molecule has 3 rings (SSSR count). The first-order valence-electron chi connectivity index (χ1n) is 7.86. The molecule has 0 spiro atoms. The van der Waals surface area contributed by atoms with E-state index < -0.39 is 0 Å². The van der Waals surface area contributed by atoms with E-state index in [0.717, 1.165) is 39.3 Å². The first-order valence-corrected chi connectivity index (χ1v) is 9.47. The molecule has 24 heavy (non-hydrogen) atoms. The minimum Gasteiger partial charge on any atom is -0.508 e. The Hall–Kier alpha value is -1.86. The molecule has 3 aromatic rings. The molecule has 0 atom stereocenters. The highest BCUT2D eigenvalue weighted by molar-refractivity contribution is 9.10. The van der Waals surface area contributed by atoms with E-state index in [-0.39, 0.29) is 0 Å². The maximum Gasteiger partial charge on any atom is 0.138 e. The number of benzene rings is 1. The van der Waals surface area contributed by atoms with E-state index in [9.17, 15) is 5.11 Å². The quantitative estimate of drug-likeness (QED) is 0.593. The molecule has 0 saturated carbocycles. The molecule has 0 aliphatic carbocycles. The maximum atomic E-state index is 10.00. The first-order chi connectivity index (χ1) is 11.7. The second-order valence-electron chi connectivity index (χ2n) is 5.51. The molecule has 0 aliphatic heterocycles. The van der Waals surface area contributed by atoms with Gasteiger partial charge >= 0.3 is 0 Å². The van der Waals surface area contributed by atoms with Crippen LogP contribution in [0.15, 0.2) is 41.4 Å². The highest BCUT2D eigenvalue weighted by atomic mass is 79.9. The number of anilines is 1. The number of nitrogens with one attached hydrogen (secondary N) is 1. The molecular weight excluding hydrogens is 388 g/mol. The van der Waals surface area contributed by atoms with Crippen LogP contribution < -0.4 is 5.32 Å². The van der Waals surface area contributed by atoms with E-state index in [4.69, 9.17) is 0 Å². The van der Waals surface area contributed by atoms with Crippen molar-refractivity contribution in [3.8, 4) is 10.8 Å². The third-order valence-electron chi connectivity index (χ3n) is 3.72. The predicted molar refractivity (Wildman–Crippen MR) is 101 cm³/mol. The zero-order valence-electron chi connectivity index (χ0n) is 13.4. The monoisotopic (exact) mass is 406 g/mol. The van der Waals surface area contributed by atoms with Crippen molar-refractivity contribution >= 4 is 32.3 Å². The van der Waals surface area contributed by atoms with E-state index in [0.29, 0.717) is 12.3 Å².